The molecule has 19 heavy (non-hydrogen) atoms. The van der Waals surface area contributed by atoms with Crippen molar-refractivity contribution >= 4 is 0 Å². The molecule has 0 atom stereocenters. The second kappa shape index (κ2) is 5.05. The summed E-state index contributed by atoms with van der Waals surface area (Å²) in [6, 6.07) is 3.73. The Labute approximate surface area is 111 Å². The van der Waals surface area contributed by atoms with Crippen LogP contribution in [0.25, 0.3) is 11.4 Å². The predicted octanol–water partition coefficient (Wildman–Crippen LogP) is 1.43. The molecule has 6 heteroatoms. The minimum Gasteiger partial charge on any atom is -0.388 e. The number of rotatable bonds is 3. The van der Waals surface area contributed by atoms with Crippen LogP contribution in [-0.4, -0.2) is 35.9 Å². The van der Waals surface area contributed by atoms with E-state index >= 15 is 0 Å². The molecule has 1 aliphatic carbocycles. The van der Waals surface area contributed by atoms with Crippen molar-refractivity contribution in [1.82, 2.24) is 25.2 Å². The fraction of sp³-hybridized carbons (Fsp3) is 0.538. The summed E-state index contributed by atoms with van der Waals surface area (Å²) in [6.07, 6.45) is 8.39. The fourth-order valence-electron chi connectivity index (χ4n) is 2.55. The SMILES string of the molecule is OC1(Cn2nnc(-c3cccnc3)n2)CCCCC1. The first kappa shape index (κ1) is 12.2. The third kappa shape index (κ3) is 2.78. The van der Waals surface area contributed by atoms with Gasteiger partial charge in [0.2, 0.25) is 5.82 Å². The van der Waals surface area contributed by atoms with E-state index in [9.17, 15) is 5.11 Å². The van der Waals surface area contributed by atoms with Gasteiger partial charge in [-0.15, -0.1) is 10.2 Å². The molecule has 3 rings (SSSR count). The van der Waals surface area contributed by atoms with Gasteiger partial charge in [0.1, 0.15) is 0 Å². The first-order valence-corrected chi connectivity index (χ1v) is 6.66. The molecule has 2 aromatic heterocycles. The molecule has 6 nitrogen and oxygen atoms in total. The van der Waals surface area contributed by atoms with Gasteiger partial charge in [0, 0.05) is 18.0 Å². The Morgan fingerprint density at radius 3 is 2.84 bits per heavy atom. The third-order valence-corrected chi connectivity index (χ3v) is 3.59. The molecule has 0 aromatic carbocycles. The van der Waals surface area contributed by atoms with E-state index in [1.54, 1.807) is 12.4 Å². The summed E-state index contributed by atoms with van der Waals surface area (Å²) in [7, 11) is 0. The average Bonchev–Trinajstić information content (AvgIpc) is 2.88. The number of aromatic nitrogens is 5. The van der Waals surface area contributed by atoms with Crippen molar-refractivity contribution in [3.05, 3.63) is 24.5 Å². The molecule has 1 saturated carbocycles. The summed E-state index contributed by atoms with van der Waals surface area (Å²) in [5.74, 6) is 0.549. The Morgan fingerprint density at radius 1 is 1.26 bits per heavy atom. The van der Waals surface area contributed by atoms with E-state index in [2.05, 4.69) is 20.4 Å². The van der Waals surface area contributed by atoms with Gasteiger partial charge < -0.3 is 5.11 Å². The second-order valence-corrected chi connectivity index (χ2v) is 5.17. The number of nitrogens with zero attached hydrogens (tertiary/aromatic N) is 5. The number of aliphatic hydroxyl groups is 1. The molecule has 1 fully saturated rings. The van der Waals surface area contributed by atoms with Crippen LogP contribution in [0.2, 0.25) is 0 Å². The van der Waals surface area contributed by atoms with Gasteiger partial charge in [-0.05, 0) is 30.2 Å². The molecule has 0 aliphatic heterocycles. The molecule has 2 aromatic rings. The molecule has 0 unspecified atom stereocenters. The van der Waals surface area contributed by atoms with Crippen molar-refractivity contribution in [2.75, 3.05) is 0 Å². The van der Waals surface area contributed by atoms with Crippen LogP contribution < -0.4 is 0 Å². The van der Waals surface area contributed by atoms with Gasteiger partial charge in [-0.3, -0.25) is 4.98 Å². The van der Waals surface area contributed by atoms with Crippen LogP contribution in [0, 0.1) is 0 Å². The van der Waals surface area contributed by atoms with Gasteiger partial charge in [-0.2, -0.15) is 4.80 Å². The summed E-state index contributed by atoms with van der Waals surface area (Å²) in [5, 5.41) is 22.8. The van der Waals surface area contributed by atoms with E-state index in [0.29, 0.717) is 12.4 Å². The van der Waals surface area contributed by atoms with Crippen molar-refractivity contribution in [3.63, 3.8) is 0 Å². The van der Waals surface area contributed by atoms with Crippen LogP contribution in [0.15, 0.2) is 24.5 Å². The maximum absolute atomic E-state index is 10.5. The molecule has 1 aliphatic rings. The summed E-state index contributed by atoms with van der Waals surface area (Å²) in [6.45, 7) is 0.417. The molecule has 1 N–H and O–H groups in total. The maximum atomic E-state index is 10.5. The Kier molecular flexibility index (Phi) is 3.25. The van der Waals surface area contributed by atoms with E-state index in [-0.39, 0.29) is 0 Å². The van der Waals surface area contributed by atoms with Crippen molar-refractivity contribution in [2.24, 2.45) is 0 Å². The Bertz CT molecular complexity index is 533. The number of hydrogen-bond acceptors (Lipinski definition) is 5. The summed E-state index contributed by atoms with van der Waals surface area (Å²) < 4.78 is 0. The van der Waals surface area contributed by atoms with Crippen LogP contribution in [0.5, 0.6) is 0 Å². The summed E-state index contributed by atoms with van der Waals surface area (Å²) >= 11 is 0. The van der Waals surface area contributed by atoms with Crippen molar-refractivity contribution in [3.8, 4) is 11.4 Å². The topological polar surface area (TPSA) is 76.7 Å². The van der Waals surface area contributed by atoms with Crippen LogP contribution in [-0.2, 0) is 6.54 Å². The van der Waals surface area contributed by atoms with E-state index in [4.69, 9.17) is 0 Å². The van der Waals surface area contributed by atoms with Crippen molar-refractivity contribution in [1.29, 1.82) is 0 Å². The average molecular weight is 259 g/mol. The first-order chi connectivity index (χ1) is 9.25. The van der Waals surface area contributed by atoms with Crippen LogP contribution in [0.1, 0.15) is 32.1 Å². The standard InChI is InChI=1S/C13H17N5O/c19-13(6-2-1-3-7-13)10-18-16-12(15-17-18)11-5-4-8-14-9-11/h4-5,8-9,19H,1-3,6-7,10H2. The number of tetrazole rings is 1. The van der Waals surface area contributed by atoms with Crippen molar-refractivity contribution < 1.29 is 5.11 Å². The predicted molar refractivity (Wildman–Crippen MR) is 69.1 cm³/mol. The molecule has 100 valence electrons. The summed E-state index contributed by atoms with van der Waals surface area (Å²) in [5.41, 5.74) is 0.162. The highest BCUT2D eigenvalue weighted by atomic mass is 16.3. The molecular formula is C13H17N5O. The lowest BCUT2D eigenvalue weighted by molar-refractivity contribution is -0.0179. The van der Waals surface area contributed by atoms with Gasteiger partial charge in [0.15, 0.2) is 0 Å². The first-order valence-electron chi connectivity index (χ1n) is 6.66. The lowest BCUT2D eigenvalue weighted by Crippen LogP contribution is -2.37. The second-order valence-electron chi connectivity index (χ2n) is 5.17. The zero-order chi connectivity index (χ0) is 13.1. The normalized spacial score (nSPS) is 18.4. The molecule has 2 heterocycles. The lowest BCUT2D eigenvalue weighted by atomic mass is 9.85. The minimum absolute atomic E-state index is 0.417. The number of pyridine rings is 1. The van der Waals surface area contributed by atoms with Gasteiger partial charge in [-0.1, -0.05) is 19.3 Å². The summed E-state index contributed by atoms with van der Waals surface area (Å²) in [4.78, 5) is 5.53. The molecule has 0 bridgehead atoms. The Morgan fingerprint density at radius 2 is 2.11 bits per heavy atom. The maximum Gasteiger partial charge on any atom is 0.206 e. The monoisotopic (exact) mass is 259 g/mol. The molecule has 0 spiro atoms. The number of hydrogen-bond donors (Lipinski definition) is 1. The van der Waals surface area contributed by atoms with E-state index in [1.807, 2.05) is 12.1 Å². The zero-order valence-electron chi connectivity index (χ0n) is 10.7. The highest BCUT2D eigenvalue weighted by Gasteiger charge is 2.30. The molecule has 0 saturated heterocycles. The lowest BCUT2D eigenvalue weighted by Gasteiger charge is -2.30. The molecule has 0 amide bonds. The minimum atomic E-state index is -0.675. The van der Waals surface area contributed by atoms with E-state index in [0.717, 1.165) is 31.2 Å². The van der Waals surface area contributed by atoms with Gasteiger partial charge >= 0.3 is 0 Å². The smallest absolute Gasteiger partial charge is 0.206 e. The third-order valence-electron chi connectivity index (χ3n) is 3.59. The van der Waals surface area contributed by atoms with Gasteiger partial charge in [0.05, 0.1) is 12.1 Å². The Hall–Kier alpha value is -1.82. The van der Waals surface area contributed by atoms with Crippen LogP contribution in [0.3, 0.4) is 0 Å². The van der Waals surface area contributed by atoms with E-state index < -0.39 is 5.60 Å². The van der Waals surface area contributed by atoms with E-state index in [1.165, 1.54) is 11.2 Å². The van der Waals surface area contributed by atoms with Crippen LogP contribution in [0.4, 0.5) is 0 Å². The highest BCUT2D eigenvalue weighted by molar-refractivity contribution is 5.51. The van der Waals surface area contributed by atoms with Crippen LogP contribution >= 0.6 is 0 Å². The largest absolute Gasteiger partial charge is 0.388 e. The zero-order valence-corrected chi connectivity index (χ0v) is 10.7. The molecule has 0 radical (unpaired) electrons. The van der Waals surface area contributed by atoms with Gasteiger partial charge in [-0.25, -0.2) is 0 Å². The van der Waals surface area contributed by atoms with Crippen molar-refractivity contribution in [2.45, 2.75) is 44.2 Å². The fourth-order valence-corrected chi connectivity index (χ4v) is 2.55. The Balaban J connectivity index is 1.75. The quantitative estimate of drug-likeness (QED) is 0.902. The van der Waals surface area contributed by atoms with Gasteiger partial charge in [0.25, 0.3) is 0 Å². The highest BCUT2D eigenvalue weighted by Crippen LogP contribution is 2.29. The molecular weight excluding hydrogens is 242 g/mol.